The van der Waals surface area contributed by atoms with E-state index in [0.29, 0.717) is 6.54 Å². The average Bonchev–Trinajstić information content (AvgIpc) is 2.50. The van der Waals surface area contributed by atoms with E-state index in [9.17, 15) is 13.2 Å². The normalized spacial score (nSPS) is 14.2. The van der Waals surface area contributed by atoms with E-state index in [1.807, 2.05) is 11.4 Å². The van der Waals surface area contributed by atoms with E-state index >= 15 is 0 Å². The lowest BCUT2D eigenvalue weighted by Gasteiger charge is -2.14. The maximum atomic E-state index is 11.9. The minimum atomic E-state index is -4.56. The van der Waals surface area contributed by atoms with Crippen LogP contribution in [0.5, 0.6) is 0 Å². The maximum Gasteiger partial charge on any atom is 0.415 e. The van der Waals surface area contributed by atoms with Crippen LogP contribution in [0.1, 0.15) is 4.88 Å². The number of thiophene rings is 1. The fourth-order valence-corrected chi connectivity index (χ4v) is 2.35. The molecule has 2 N–H and O–H groups in total. The topological polar surface area (TPSA) is 32.3 Å². The highest BCUT2D eigenvalue weighted by molar-refractivity contribution is 9.10. The summed E-state index contributed by atoms with van der Waals surface area (Å²) in [4.78, 5) is 0.907. The Morgan fingerprint density at radius 1 is 1.53 bits per heavy atom. The number of rotatable bonds is 4. The van der Waals surface area contributed by atoms with Gasteiger partial charge in [-0.3, -0.25) is 0 Å². The molecule has 86 valence electrons. The van der Waals surface area contributed by atoms with Crippen molar-refractivity contribution in [1.82, 2.24) is 5.32 Å². The van der Waals surface area contributed by atoms with Gasteiger partial charge in [0, 0.05) is 22.4 Å². The van der Waals surface area contributed by atoms with Crippen molar-refractivity contribution >= 4 is 27.3 Å². The van der Waals surface area contributed by atoms with E-state index in [4.69, 9.17) is 5.11 Å². The number of aliphatic hydroxyl groups is 1. The van der Waals surface area contributed by atoms with Gasteiger partial charge in [-0.15, -0.1) is 11.3 Å². The predicted molar refractivity (Wildman–Crippen MR) is 55.8 cm³/mol. The highest BCUT2D eigenvalue weighted by atomic mass is 79.9. The lowest BCUT2D eigenvalue weighted by Crippen LogP contribution is -2.38. The molecule has 0 radical (unpaired) electrons. The number of alkyl halides is 3. The first-order valence-corrected chi connectivity index (χ1v) is 5.76. The minimum Gasteiger partial charge on any atom is -0.382 e. The highest BCUT2D eigenvalue weighted by Crippen LogP contribution is 2.23. The van der Waals surface area contributed by atoms with Gasteiger partial charge in [0.1, 0.15) is 0 Å². The molecule has 1 heterocycles. The summed E-state index contributed by atoms with van der Waals surface area (Å²) in [6.07, 6.45) is -6.86. The van der Waals surface area contributed by atoms with Gasteiger partial charge in [0.05, 0.1) is 0 Å². The Labute approximate surface area is 97.2 Å². The third-order valence-electron chi connectivity index (χ3n) is 1.69. The van der Waals surface area contributed by atoms with Crippen molar-refractivity contribution in [2.24, 2.45) is 0 Å². The molecule has 0 aliphatic carbocycles. The van der Waals surface area contributed by atoms with Crippen LogP contribution in [0.3, 0.4) is 0 Å². The van der Waals surface area contributed by atoms with Crippen molar-refractivity contribution in [3.05, 3.63) is 20.8 Å². The quantitative estimate of drug-likeness (QED) is 0.896. The Bertz CT molecular complexity index is 315. The summed E-state index contributed by atoms with van der Waals surface area (Å²) in [7, 11) is 0. The Balaban J connectivity index is 2.31. The summed E-state index contributed by atoms with van der Waals surface area (Å²) in [6, 6.07) is 1.82. The molecule has 0 aliphatic rings. The number of hydrogen-bond acceptors (Lipinski definition) is 3. The molecule has 0 saturated heterocycles. The fraction of sp³-hybridized carbons (Fsp3) is 0.500. The molecule has 0 spiro atoms. The molecule has 0 saturated carbocycles. The van der Waals surface area contributed by atoms with E-state index < -0.39 is 18.8 Å². The van der Waals surface area contributed by atoms with E-state index in [-0.39, 0.29) is 0 Å². The summed E-state index contributed by atoms with van der Waals surface area (Å²) in [6.45, 7) is -0.181. The zero-order chi connectivity index (χ0) is 11.5. The zero-order valence-corrected chi connectivity index (χ0v) is 9.92. The molecule has 15 heavy (non-hydrogen) atoms. The number of nitrogens with one attached hydrogen (secondary N) is 1. The standard InChI is InChI=1S/C8H9BrF3NOS/c9-5-1-2-15-6(5)3-13-4-7(14)8(10,11)12/h1-2,7,13-14H,3-4H2. The van der Waals surface area contributed by atoms with E-state index in [1.165, 1.54) is 11.3 Å². The molecule has 1 atom stereocenters. The van der Waals surface area contributed by atoms with Crippen molar-refractivity contribution in [1.29, 1.82) is 0 Å². The van der Waals surface area contributed by atoms with Crippen molar-refractivity contribution in [3.63, 3.8) is 0 Å². The Kier molecular flexibility index (Phi) is 4.57. The molecule has 1 rings (SSSR count). The third kappa shape index (κ3) is 4.10. The van der Waals surface area contributed by atoms with E-state index in [0.717, 1.165) is 9.35 Å². The molecular weight excluding hydrogens is 295 g/mol. The largest absolute Gasteiger partial charge is 0.415 e. The van der Waals surface area contributed by atoms with Gasteiger partial charge in [-0.25, -0.2) is 0 Å². The molecule has 7 heteroatoms. The Morgan fingerprint density at radius 2 is 2.20 bits per heavy atom. The zero-order valence-electron chi connectivity index (χ0n) is 7.51. The highest BCUT2D eigenvalue weighted by Gasteiger charge is 2.37. The van der Waals surface area contributed by atoms with Crippen LogP contribution in [-0.2, 0) is 6.54 Å². The molecule has 0 bridgehead atoms. The van der Waals surface area contributed by atoms with Gasteiger partial charge in [0.25, 0.3) is 0 Å². The molecule has 0 aromatic carbocycles. The smallest absolute Gasteiger partial charge is 0.382 e. The molecule has 1 aromatic rings. The first-order chi connectivity index (χ1) is 6.91. The molecule has 2 nitrogen and oxygen atoms in total. The molecule has 0 aliphatic heterocycles. The van der Waals surface area contributed by atoms with E-state index in [2.05, 4.69) is 21.2 Å². The van der Waals surface area contributed by atoms with E-state index in [1.54, 1.807) is 0 Å². The Morgan fingerprint density at radius 3 is 2.67 bits per heavy atom. The summed E-state index contributed by atoms with van der Waals surface area (Å²) in [5.74, 6) is 0. The average molecular weight is 304 g/mol. The molecule has 0 amide bonds. The summed E-state index contributed by atoms with van der Waals surface area (Å²) < 4.78 is 36.6. The fourth-order valence-electron chi connectivity index (χ4n) is 0.889. The molecular formula is C8H9BrF3NOS. The minimum absolute atomic E-state index is 0.311. The van der Waals surface area contributed by atoms with Crippen LogP contribution in [0.2, 0.25) is 0 Å². The van der Waals surface area contributed by atoms with Gasteiger partial charge < -0.3 is 10.4 Å². The first-order valence-electron chi connectivity index (χ1n) is 4.08. The van der Waals surface area contributed by atoms with Crippen molar-refractivity contribution < 1.29 is 18.3 Å². The summed E-state index contributed by atoms with van der Waals surface area (Å²) in [5, 5.41) is 13.1. The van der Waals surface area contributed by atoms with Crippen molar-refractivity contribution in [2.45, 2.75) is 18.8 Å². The Hall–Kier alpha value is -0.110. The van der Waals surface area contributed by atoms with Crippen LogP contribution in [0.15, 0.2) is 15.9 Å². The second-order valence-electron chi connectivity index (χ2n) is 2.88. The van der Waals surface area contributed by atoms with Gasteiger partial charge in [0.2, 0.25) is 0 Å². The second kappa shape index (κ2) is 5.29. The van der Waals surface area contributed by atoms with Gasteiger partial charge in [-0.05, 0) is 27.4 Å². The van der Waals surface area contributed by atoms with Crippen LogP contribution < -0.4 is 5.32 Å². The van der Waals surface area contributed by atoms with Gasteiger partial charge in [-0.2, -0.15) is 13.2 Å². The van der Waals surface area contributed by atoms with Gasteiger partial charge >= 0.3 is 6.18 Å². The predicted octanol–water partition coefficient (Wildman–Crippen LogP) is 2.52. The van der Waals surface area contributed by atoms with Crippen LogP contribution in [0.25, 0.3) is 0 Å². The molecule has 1 unspecified atom stereocenters. The lowest BCUT2D eigenvalue weighted by atomic mass is 10.3. The molecule has 1 aromatic heterocycles. The van der Waals surface area contributed by atoms with Gasteiger partial charge in [0.15, 0.2) is 6.10 Å². The first kappa shape index (κ1) is 13.0. The number of aliphatic hydroxyl groups excluding tert-OH is 1. The SMILES string of the molecule is OC(CNCc1sccc1Br)C(F)(F)F. The monoisotopic (exact) mass is 303 g/mol. The van der Waals surface area contributed by atoms with Crippen LogP contribution in [0, 0.1) is 0 Å². The van der Waals surface area contributed by atoms with Crippen LogP contribution in [-0.4, -0.2) is 23.9 Å². The van der Waals surface area contributed by atoms with Crippen molar-refractivity contribution in [3.8, 4) is 0 Å². The van der Waals surface area contributed by atoms with Crippen molar-refractivity contribution in [2.75, 3.05) is 6.54 Å². The lowest BCUT2D eigenvalue weighted by molar-refractivity contribution is -0.201. The van der Waals surface area contributed by atoms with Crippen LogP contribution in [0.4, 0.5) is 13.2 Å². The van der Waals surface area contributed by atoms with Gasteiger partial charge in [-0.1, -0.05) is 0 Å². The number of halogens is 4. The third-order valence-corrected chi connectivity index (χ3v) is 3.62. The van der Waals surface area contributed by atoms with Crippen LogP contribution >= 0.6 is 27.3 Å². The maximum absolute atomic E-state index is 11.9. The summed E-state index contributed by atoms with van der Waals surface area (Å²) >= 11 is 4.70. The number of hydrogen-bond donors (Lipinski definition) is 2. The second-order valence-corrected chi connectivity index (χ2v) is 4.74. The molecule has 0 fully saturated rings. The summed E-state index contributed by atoms with van der Waals surface area (Å²) in [5.41, 5.74) is 0.